The molecular formula is C30H42Cl2O2Si2Zr. The summed E-state index contributed by atoms with van der Waals surface area (Å²) in [5, 5.41) is 0. The molecule has 2 aliphatic rings. The minimum absolute atomic E-state index is 0. The topological polar surface area (TPSA) is 18.5 Å². The van der Waals surface area contributed by atoms with Crippen LogP contribution in [0.3, 0.4) is 0 Å². The quantitative estimate of drug-likeness (QED) is 0.444. The van der Waals surface area contributed by atoms with Gasteiger partial charge >= 0.3 is 229 Å². The van der Waals surface area contributed by atoms with Gasteiger partial charge < -0.3 is 24.8 Å². The Bertz CT molecular complexity index is 1090. The Labute approximate surface area is 252 Å². The summed E-state index contributed by atoms with van der Waals surface area (Å²) in [7, 11) is -2.43. The van der Waals surface area contributed by atoms with Crippen molar-refractivity contribution in [1.82, 2.24) is 0 Å². The van der Waals surface area contributed by atoms with E-state index in [1.54, 1.807) is 0 Å². The van der Waals surface area contributed by atoms with Crippen LogP contribution in [0.15, 0.2) is 47.9 Å². The third kappa shape index (κ3) is 6.95. The molecule has 2 nitrogen and oxygen atoms in total. The smallest absolute Gasteiger partial charge is 1.00 e. The third-order valence-electron chi connectivity index (χ3n) is 6.74. The predicted molar refractivity (Wildman–Crippen MR) is 152 cm³/mol. The van der Waals surface area contributed by atoms with Crippen molar-refractivity contribution >= 4 is 30.2 Å². The van der Waals surface area contributed by atoms with Crippen LogP contribution in [0.4, 0.5) is 0 Å². The Morgan fingerprint density at radius 2 is 0.973 bits per heavy atom. The fourth-order valence-corrected chi connectivity index (χ4v) is 12.0. The number of halogens is 2. The van der Waals surface area contributed by atoms with E-state index in [0.717, 1.165) is 0 Å². The molecule has 0 aromatic heterocycles. The van der Waals surface area contributed by atoms with Gasteiger partial charge in [-0.3, -0.25) is 0 Å². The van der Waals surface area contributed by atoms with Crippen molar-refractivity contribution in [2.24, 2.45) is 0 Å². The zero-order chi connectivity index (χ0) is 25.7. The second-order valence-corrected chi connectivity index (χ2v) is 20.9. The zero-order valence-corrected chi connectivity index (χ0v) is 30.3. The SMILES string of the molecule is C[SiH](C)OC1=Cc2c(cccc2C(C)(C)C)[CH]1[Zr+2][CH]1C(O[SiH](C)C)=Cc2c1cccc2C(C)(C)C.[Cl-].[Cl-]. The van der Waals surface area contributed by atoms with Crippen molar-refractivity contribution in [1.29, 1.82) is 0 Å². The maximum atomic E-state index is 6.66. The molecule has 4 rings (SSSR count). The molecular weight excluding hydrogens is 611 g/mol. The summed E-state index contributed by atoms with van der Waals surface area (Å²) in [4.78, 5) is 0. The van der Waals surface area contributed by atoms with Gasteiger partial charge in [0, 0.05) is 0 Å². The van der Waals surface area contributed by atoms with Crippen LogP contribution in [0.2, 0.25) is 26.2 Å². The van der Waals surface area contributed by atoms with E-state index >= 15 is 0 Å². The van der Waals surface area contributed by atoms with Gasteiger partial charge in [-0.15, -0.1) is 0 Å². The van der Waals surface area contributed by atoms with Gasteiger partial charge in [-0.2, -0.15) is 0 Å². The average Bonchev–Trinajstić information content (AvgIpc) is 3.23. The molecule has 0 amide bonds. The minimum Gasteiger partial charge on any atom is -1.00 e. The van der Waals surface area contributed by atoms with E-state index < -0.39 is 41.3 Å². The van der Waals surface area contributed by atoms with Crippen LogP contribution < -0.4 is 24.8 Å². The first-order valence-electron chi connectivity index (χ1n) is 13.1. The maximum Gasteiger partial charge on any atom is -1.00 e. The van der Waals surface area contributed by atoms with Gasteiger partial charge in [0.15, 0.2) is 0 Å². The number of hydrogen-bond acceptors (Lipinski definition) is 2. The summed E-state index contributed by atoms with van der Waals surface area (Å²) in [6.45, 7) is 23.1. The van der Waals surface area contributed by atoms with E-state index in [9.17, 15) is 0 Å². The summed E-state index contributed by atoms with van der Waals surface area (Å²) in [6, 6.07) is 13.9. The van der Waals surface area contributed by atoms with Crippen LogP contribution in [0.5, 0.6) is 0 Å². The molecule has 0 saturated heterocycles. The Morgan fingerprint density at radius 1 is 0.622 bits per heavy atom. The minimum atomic E-state index is -1.22. The average molecular weight is 653 g/mol. The Balaban J connectivity index is 0.00000241. The van der Waals surface area contributed by atoms with Crippen molar-refractivity contribution in [3.05, 3.63) is 81.3 Å². The Kier molecular flexibility index (Phi) is 10.8. The van der Waals surface area contributed by atoms with Crippen molar-refractivity contribution in [3.63, 3.8) is 0 Å². The Morgan fingerprint density at radius 3 is 1.27 bits per heavy atom. The summed E-state index contributed by atoms with van der Waals surface area (Å²) >= 11 is -1.07. The first kappa shape index (κ1) is 32.6. The second-order valence-electron chi connectivity index (χ2n) is 12.6. The largest absolute Gasteiger partial charge is 1.00 e. The molecule has 2 aromatic rings. The fraction of sp³-hybridized carbons (Fsp3) is 0.467. The van der Waals surface area contributed by atoms with Gasteiger partial charge in [0.2, 0.25) is 0 Å². The van der Waals surface area contributed by atoms with Crippen molar-refractivity contribution in [3.8, 4) is 0 Å². The molecule has 37 heavy (non-hydrogen) atoms. The second kappa shape index (κ2) is 12.3. The molecule has 0 radical (unpaired) electrons. The molecule has 0 spiro atoms. The molecule has 0 aliphatic heterocycles. The molecule has 0 N–H and O–H groups in total. The zero-order valence-electron chi connectivity index (χ0n) is 24.0. The van der Waals surface area contributed by atoms with Crippen LogP contribution in [0.25, 0.3) is 12.2 Å². The summed E-state index contributed by atoms with van der Waals surface area (Å²) in [6.07, 6.45) is 4.80. The van der Waals surface area contributed by atoms with E-state index in [4.69, 9.17) is 8.85 Å². The van der Waals surface area contributed by atoms with E-state index in [0.29, 0.717) is 7.25 Å². The molecule has 2 aliphatic carbocycles. The van der Waals surface area contributed by atoms with Crippen LogP contribution in [0.1, 0.15) is 82.2 Å². The number of allylic oxidation sites excluding steroid dienone is 2. The van der Waals surface area contributed by atoms with Gasteiger partial charge in [-0.25, -0.2) is 0 Å². The number of fused-ring (bicyclic) bond motifs is 2. The molecule has 200 valence electrons. The molecule has 2 unspecified atom stereocenters. The number of rotatable bonds is 6. The van der Waals surface area contributed by atoms with Crippen LogP contribution in [-0.4, -0.2) is 18.1 Å². The van der Waals surface area contributed by atoms with E-state index in [-0.39, 0.29) is 35.6 Å². The van der Waals surface area contributed by atoms with Gasteiger partial charge in [0.05, 0.1) is 0 Å². The normalized spacial score (nSPS) is 18.3. The molecule has 0 fully saturated rings. The predicted octanol–water partition coefficient (Wildman–Crippen LogP) is 1.86. The van der Waals surface area contributed by atoms with Gasteiger partial charge in [-0.05, 0) is 0 Å². The third-order valence-corrected chi connectivity index (χ3v) is 12.8. The monoisotopic (exact) mass is 650 g/mol. The van der Waals surface area contributed by atoms with E-state index in [1.165, 1.54) is 44.9 Å². The van der Waals surface area contributed by atoms with E-state index in [2.05, 4.69) is 116 Å². The molecule has 0 heterocycles. The molecule has 0 saturated carbocycles. The van der Waals surface area contributed by atoms with Crippen LogP contribution >= 0.6 is 0 Å². The molecule has 2 aromatic carbocycles. The summed E-state index contributed by atoms with van der Waals surface area (Å²) in [5.41, 5.74) is 8.93. The van der Waals surface area contributed by atoms with Crippen molar-refractivity contribution in [2.75, 3.05) is 0 Å². The Hall–Kier alpha value is -0.583. The van der Waals surface area contributed by atoms with Crippen LogP contribution in [0, 0.1) is 0 Å². The maximum absolute atomic E-state index is 6.66. The fourth-order valence-electron chi connectivity index (χ4n) is 5.32. The van der Waals surface area contributed by atoms with Crippen LogP contribution in [-0.2, 0) is 42.9 Å². The van der Waals surface area contributed by atoms with Gasteiger partial charge in [-0.1, -0.05) is 0 Å². The summed E-state index contributed by atoms with van der Waals surface area (Å²) in [5.74, 6) is 2.48. The van der Waals surface area contributed by atoms with Crippen molar-refractivity contribution < 1.29 is 56.9 Å². The van der Waals surface area contributed by atoms with Gasteiger partial charge in [0.25, 0.3) is 0 Å². The number of benzene rings is 2. The summed E-state index contributed by atoms with van der Waals surface area (Å²) < 4.78 is 14.2. The first-order valence-corrected chi connectivity index (χ1v) is 21.5. The van der Waals surface area contributed by atoms with E-state index in [1.807, 2.05) is 0 Å². The molecule has 7 heteroatoms. The van der Waals surface area contributed by atoms with Gasteiger partial charge in [0.1, 0.15) is 0 Å². The number of hydrogen-bond donors (Lipinski definition) is 0. The van der Waals surface area contributed by atoms with Crippen molar-refractivity contribution in [2.45, 2.75) is 85.8 Å². The molecule has 2 atom stereocenters. The first-order chi connectivity index (χ1) is 16.3. The molecule has 0 bridgehead atoms. The standard InChI is InChI=1S/2C15H21OSi.2ClH.Zr/c2*1-15(2,3)14-8-6-7-11-9-12(10-13(11)14)16-17(4)5;;;/h2*6-10,17H,1-5H3;2*1H;/q;;;;+2/p-2.